The Morgan fingerprint density at radius 3 is 2.68 bits per heavy atom. The first-order valence-corrected chi connectivity index (χ1v) is 7.58. The summed E-state index contributed by atoms with van der Waals surface area (Å²) >= 11 is 0. The van der Waals surface area contributed by atoms with Gasteiger partial charge in [0.15, 0.2) is 0 Å². The van der Waals surface area contributed by atoms with Gasteiger partial charge < -0.3 is 10.8 Å². The molecule has 2 atom stereocenters. The van der Waals surface area contributed by atoms with Gasteiger partial charge in [0, 0.05) is 32.2 Å². The minimum absolute atomic E-state index is 0.189. The fraction of sp³-hybridized carbons (Fsp3) is 0.929. The first-order chi connectivity index (χ1) is 9.09. The maximum Gasteiger partial charge on any atom is 0.325 e. The fourth-order valence-electron chi connectivity index (χ4n) is 3.70. The smallest absolute Gasteiger partial charge is 0.325 e. The lowest BCUT2D eigenvalue weighted by molar-refractivity contribution is -0.145. The molecule has 3 fully saturated rings. The van der Waals surface area contributed by atoms with Gasteiger partial charge in [-0.1, -0.05) is 6.42 Å². The summed E-state index contributed by atoms with van der Waals surface area (Å²) in [5.41, 5.74) is 5.17. The molecule has 0 aromatic rings. The normalized spacial score (nSPS) is 32.6. The average molecular weight is 267 g/mol. The largest absolute Gasteiger partial charge is 0.480 e. The number of hydrogen-bond donors (Lipinski definition) is 2. The van der Waals surface area contributed by atoms with Crippen molar-refractivity contribution in [2.24, 2.45) is 11.7 Å². The van der Waals surface area contributed by atoms with E-state index in [2.05, 4.69) is 9.80 Å². The van der Waals surface area contributed by atoms with Crippen molar-refractivity contribution in [3.63, 3.8) is 0 Å². The van der Waals surface area contributed by atoms with E-state index in [9.17, 15) is 9.90 Å². The minimum Gasteiger partial charge on any atom is -0.480 e. The Hall–Kier alpha value is -0.650. The van der Waals surface area contributed by atoms with Gasteiger partial charge in [-0.25, -0.2) is 0 Å². The van der Waals surface area contributed by atoms with Crippen LogP contribution in [0.3, 0.4) is 0 Å². The highest BCUT2D eigenvalue weighted by molar-refractivity contribution is 5.79. The lowest BCUT2D eigenvalue weighted by atomic mass is 9.92. The first kappa shape index (κ1) is 13.3. The molecule has 0 spiro atoms. The Morgan fingerprint density at radius 1 is 1.21 bits per heavy atom. The number of aliphatic carboxylic acids is 1. The third-order valence-corrected chi connectivity index (χ3v) is 5.11. The standard InChI is InChI=1S/C14H25N3O2/c15-14(13(18)19,11-4-5-11)10-16-7-8-17-6-2-1-3-12(17)9-16/h11-12H,1-10,15H2,(H,18,19). The summed E-state index contributed by atoms with van der Waals surface area (Å²) in [4.78, 5) is 16.4. The van der Waals surface area contributed by atoms with Crippen LogP contribution in [0.25, 0.3) is 0 Å². The molecule has 3 N–H and O–H groups in total. The van der Waals surface area contributed by atoms with E-state index in [4.69, 9.17) is 5.73 Å². The number of nitrogens with zero attached hydrogens (tertiary/aromatic N) is 2. The molecule has 0 aromatic heterocycles. The zero-order chi connectivity index (χ0) is 13.5. The van der Waals surface area contributed by atoms with Crippen LogP contribution in [0.15, 0.2) is 0 Å². The number of piperazine rings is 1. The van der Waals surface area contributed by atoms with E-state index in [1.165, 1.54) is 25.8 Å². The molecular weight excluding hydrogens is 242 g/mol. The highest BCUT2D eigenvalue weighted by Gasteiger charge is 2.49. The van der Waals surface area contributed by atoms with E-state index in [0.29, 0.717) is 12.6 Å². The second-order valence-corrected chi connectivity index (χ2v) is 6.54. The SMILES string of the molecule is NC(CN1CCN2CCCCC2C1)(C(=O)O)C1CC1. The second kappa shape index (κ2) is 5.04. The number of carbonyl (C=O) groups is 1. The topological polar surface area (TPSA) is 69.8 Å². The van der Waals surface area contributed by atoms with Crippen LogP contribution >= 0.6 is 0 Å². The number of rotatable bonds is 4. The third-order valence-electron chi connectivity index (χ3n) is 5.11. The van der Waals surface area contributed by atoms with Crippen molar-refractivity contribution in [2.45, 2.75) is 43.7 Å². The maximum absolute atomic E-state index is 11.5. The lowest BCUT2D eigenvalue weighted by Crippen LogP contribution is -2.62. The van der Waals surface area contributed by atoms with Crippen LogP contribution in [-0.2, 0) is 4.79 Å². The fourth-order valence-corrected chi connectivity index (χ4v) is 3.70. The summed E-state index contributed by atoms with van der Waals surface area (Å²) in [6.07, 6.45) is 5.84. The maximum atomic E-state index is 11.5. The molecule has 2 unspecified atom stereocenters. The van der Waals surface area contributed by atoms with E-state index in [1.54, 1.807) is 0 Å². The number of carboxylic acid groups (broad SMARTS) is 1. The van der Waals surface area contributed by atoms with Crippen molar-refractivity contribution in [1.29, 1.82) is 0 Å². The Labute approximate surface area is 114 Å². The van der Waals surface area contributed by atoms with Crippen LogP contribution in [0.4, 0.5) is 0 Å². The molecule has 1 saturated carbocycles. The molecule has 3 aliphatic rings. The van der Waals surface area contributed by atoms with Gasteiger partial charge >= 0.3 is 5.97 Å². The molecule has 1 aliphatic carbocycles. The number of nitrogens with two attached hydrogens (primary N) is 1. The van der Waals surface area contributed by atoms with Gasteiger partial charge in [-0.15, -0.1) is 0 Å². The monoisotopic (exact) mass is 267 g/mol. The first-order valence-electron chi connectivity index (χ1n) is 7.58. The van der Waals surface area contributed by atoms with Crippen molar-refractivity contribution in [3.8, 4) is 0 Å². The third kappa shape index (κ3) is 2.64. The summed E-state index contributed by atoms with van der Waals surface area (Å²) in [7, 11) is 0. The summed E-state index contributed by atoms with van der Waals surface area (Å²) in [5.74, 6) is -0.629. The Kier molecular flexibility index (Phi) is 3.53. The van der Waals surface area contributed by atoms with E-state index in [-0.39, 0.29) is 5.92 Å². The van der Waals surface area contributed by atoms with Gasteiger partial charge in [-0.2, -0.15) is 0 Å². The average Bonchev–Trinajstić information content (AvgIpc) is 3.23. The molecule has 2 heterocycles. The summed E-state index contributed by atoms with van der Waals surface area (Å²) in [6.45, 7) is 4.78. The molecule has 0 bridgehead atoms. The molecule has 5 heteroatoms. The van der Waals surface area contributed by atoms with Crippen LogP contribution < -0.4 is 5.73 Å². The van der Waals surface area contributed by atoms with Crippen molar-refractivity contribution in [3.05, 3.63) is 0 Å². The van der Waals surface area contributed by atoms with Crippen LogP contribution in [0, 0.1) is 5.92 Å². The molecule has 0 aromatic carbocycles. The Bertz CT molecular complexity index is 359. The Balaban J connectivity index is 1.62. The summed E-state index contributed by atoms with van der Waals surface area (Å²) < 4.78 is 0. The predicted molar refractivity (Wildman–Crippen MR) is 72.9 cm³/mol. The van der Waals surface area contributed by atoms with Gasteiger partial charge in [0.2, 0.25) is 0 Å². The number of hydrogen-bond acceptors (Lipinski definition) is 4. The molecule has 3 rings (SSSR count). The number of carboxylic acids is 1. The van der Waals surface area contributed by atoms with Crippen LogP contribution in [0.5, 0.6) is 0 Å². The minimum atomic E-state index is -1.02. The molecular formula is C14H25N3O2. The van der Waals surface area contributed by atoms with E-state index < -0.39 is 11.5 Å². The van der Waals surface area contributed by atoms with E-state index >= 15 is 0 Å². The van der Waals surface area contributed by atoms with Gasteiger partial charge in [0.25, 0.3) is 0 Å². The molecule has 2 saturated heterocycles. The summed E-state index contributed by atoms with van der Waals surface area (Å²) in [5, 5.41) is 9.44. The van der Waals surface area contributed by atoms with Crippen LogP contribution in [0.2, 0.25) is 0 Å². The van der Waals surface area contributed by atoms with Crippen molar-refractivity contribution in [1.82, 2.24) is 9.80 Å². The zero-order valence-electron chi connectivity index (χ0n) is 11.6. The number of piperidine rings is 1. The molecule has 108 valence electrons. The quantitative estimate of drug-likeness (QED) is 0.769. The van der Waals surface area contributed by atoms with Crippen molar-refractivity contribution in [2.75, 3.05) is 32.7 Å². The molecule has 2 aliphatic heterocycles. The molecule has 0 radical (unpaired) electrons. The van der Waals surface area contributed by atoms with Gasteiger partial charge in [-0.05, 0) is 38.1 Å². The van der Waals surface area contributed by atoms with Crippen molar-refractivity contribution < 1.29 is 9.90 Å². The van der Waals surface area contributed by atoms with Gasteiger partial charge in [0.1, 0.15) is 5.54 Å². The second-order valence-electron chi connectivity index (χ2n) is 6.54. The van der Waals surface area contributed by atoms with E-state index in [0.717, 1.165) is 32.5 Å². The number of fused-ring (bicyclic) bond motifs is 1. The Morgan fingerprint density at radius 2 is 2.00 bits per heavy atom. The lowest BCUT2D eigenvalue weighted by Gasteiger charge is -2.45. The van der Waals surface area contributed by atoms with Crippen LogP contribution in [0.1, 0.15) is 32.1 Å². The summed E-state index contributed by atoms with van der Waals surface area (Å²) in [6, 6.07) is 0.625. The van der Waals surface area contributed by atoms with E-state index in [1.807, 2.05) is 0 Å². The highest BCUT2D eigenvalue weighted by atomic mass is 16.4. The highest BCUT2D eigenvalue weighted by Crippen LogP contribution is 2.39. The van der Waals surface area contributed by atoms with Gasteiger partial charge in [-0.3, -0.25) is 14.6 Å². The van der Waals surface area contributed by atoms with Gasteiger partial charge in [0.05, 0.1) is 0 Å². The van der Waals surface area contributed by atoms with Crippen LogP contribution in [-0.4, -0.2) is 65.2 Å². The zero-order valence-corrected chi connectivity index (χ0v) is 11.6. The molecule has 5 nitrogen and oxygen atoms in total. The van der Waals surface area contributed by atoms with Crippen molar-refractivity contribution >= 4 is 5.97 Å². The molecule has 19 heavy (non-hydrogen) atoms. The predicted octanol–water partition coefficient (Wildman–Crippen LogP) is 0.349. The molecule has 0 amide bonds.